The monoisotopic (exact) mass is 770 g/mol. The summed E-state index contributed by atoms with van der Waals surface area (Å²) in [5.74, 6) is 0. The summed E-state index contributed by atoms with van der Waals surface area (Å²) in [4.78, 5) is 0. The van der Waals surface area contributed by atoms with E-state index in [4.69, 9.17) is 4.42 Å². The van der Waals surface area contributed by atoms with Crippen LogP contribution in [0.25, 0.3) is 142 Å². The Kier molecular flexibility index (Phi) is 6.62. The third kappa shape index (κ3) is 4.61. The van der Waals surface area contributed by atoms with Crippen molar-refractivity contribution in [1.82, 2.24) is 0 Å². The minimum atomic E-state index is 0.898. The first-order valence-electron chi connectivity index (χ1n) is 21.2. The third-order valence-corrected chi connectivity index (χ3v) is 13.6. The van der Waals surface area contributed by atoms with Crippen LogP contribution in [-0.2, 0) is 0 Å². The molecule has 0 aliphatic heterocycles. The fourth-order valence-electron chi connectivity index (χ4n) is 10.9. The second kappa shape index (κ2) is 12.3. The lowest BCUT2D eigenvalue weighted by molar-refractivity contribution is 0.669. The topological polar surface area (TPSA) is 13.1 Å². The van der Waals surface area contributed by atoms with Gasteiger partial charge in [0.15, 0.2) is 0 Å². The highest BCUT2D eigenvalue weighted by Gasteiger charge is 2.23. The first-order valence-corrected chi connectivity index (χ1v) is 21.2. The maximum atomic E-state index is 6.38. The smallest absolute Gasteiger partial charge is 0.135 e. The molecular formula is C60H34O. The molecule has 0 spiro atoms. The van der Waals surface area contributed by atoms with E-state index in [9.17, 15) is 0 Å². The molecule has 0 saturated heterocycles. The Hall–Kier alpha value is -8.00. The molecule has 14 aromatic rings. The minimum Gasteiger partial charge on any atom is -0.456 e. The van der Waals surface area contributed by atoms with Gasteiger partial charge in [-0.3, -0.25) is 0 Å². The molecule has 0 unspecified atom stereocenters. The van der Waals surface area contributed by atoms with Crippen molar-refractivity contribution in [3.05, 3.63) is 206 Å². The van der Waals surface area contributed by atoms with Crippen LogP contribution in [0.5, 0.6) is 0 Å². The highest BCUT2D eigenvalue weighted by atomic mass is 16.3. The number of hydrogen-bond acceptors (Lipinski definition) is 1. The average Bonchev–Trinajstić information content (AvgIpc) is 3.70. The first-order chi connectivity index (χ1) is 30.2. The van der Waals surface area contributed by atoms with Crippen molar-refractivity contribution in [3.63, 3.8) is 0 Å². The van der Waals surface area contributed by atoms with Crippen LogP contribution in [0, 0.1) is 0 Å². The van der Waals surface area contributed by atoms with Crippen molar-refractivity contribution in [2.45, 2.75) is 0 Å². The Morgan fingerprint density at radius 3 is 1.34 bits per heavy atom. The lowest BCUT2D eigenvalue weighted by atomic mass is 9.81. The van der Waals surface area contributed by atoms with E-state index in [1.54, 1.807) is 0 Å². The summed E-state index contributed by atoms with van der Waals surface area (Å²) in [7, 11) is 0. The van der Waals surface area contributed by atoms with Crippen LogP contribution in [0.3, 0.4) is 0 Å². The summed E-state index contributed by atoms with van der Waals surface area (Å²) in [6.45, 7) is 0. The van der Waals surface area contributed by atoms with Gasteiger partial charge in [-0.25, -0.2) is 0 Å². The van der Waals surface area contributed by atoms with Gasteiger partial charge in [0.1, 0.15) is 11.2 Å². The highest BCUT2D eigenvalue weighted by Crippen LogP contribution is 2.50. The zero-order chi connectivity index (χ0) is 39.8. The van der Waals surface area contributed by atoms with E-state index >= 15 is 0 Å². The zero-order valence-corrected chi connectivity index (χ0v) is 33.0. The van der Waals surface area contributed by atoms with Gasteiger partial charge in [0, 0.05) is 10.8 Å². The lowest BCUT2D eigenvalue weighted by Gasteiger charge is -2.22. The first kappa shape index (κ1) is 32.9. The fourth-order valence-corrected chi connectivity index (χ4v) is 10.9. The Morgan fingerprint density at radius 1 is 0.230 bits per heavy atom. The number of para-hydroxylation sites is 1. The van der Waals surface area contributed by atoms with Crippen LogP contribution in [0.4, 0.5) is 0 Å². The van der Waals surface area contributed by atoms with Gasteiger partial charge in [-0.2, -0.15) is 0 Å². The van der Waals surface area contributed by atoms with Crippen molar-refractivity contribution in [3.8, 4) is 44.5 Å². The van der Waals surface area contributed by atoms with Gasteiger partial charge in [0.25, 0.3) is 0 Å². The van der Waals surface area contributed by atoms with E-state index in [1.165, 1.54) is 114 Å². The molecule has 61 heavy (non-hydrogen) atoms. The van der Waals surface area contributed by atoms with Crippen LogP contribution in [0.15, 0.2) is 211 Å². The largest absolute Gasteiger partial charge is 0.456 e. The minimum absolute atomic E-state index is 0.898. The van der Waals surface area contributed by atoms with Gasteiger partial charge < -0.3 is 4.42 Å². The normalized spacial score (nSPS) is 12.3. The quantitative estimate of drug-likeness (QED) is 0.162. The van der Waals surface area contributed by atoms with Gasteiger partial charge in [-0.05, 0) is 144 Å². The van der Waals surface area contributed by atoms with Crippen molar-refractivity contribution in [2.24, 2.45) is 0 Å². The third-order valence-electron chi connectivity index (χ3n) is 13.6. The van der Waals surface area contributed by atoms with Crippen LogP contribution in [0.2, 0.25) is 0 Å². The number of benzene rings is 13. The van der Waals surface area contributed by atoms with E-state index in [0.717, 1.165) is 27.5 Å². The SMILES string of the molecule is c1ccc(-c2ccc3ccc4cccc5ccc2c3c45)c(-c2cc(-c3ccc4ccc5cccc6ccc3c4c56)c3ccccc3c2-c2ccc3oc4ccccc4c3c2)c1. The van der Waals surface area contributed by atoms with E-state index in [-0.39, 0.29) is 0 Å². The molecule has 1 heterocycles. The maximum Gasteiger partial charge on any atom is 0.135 e. The van der Waals surface area contributed by atoms with Gasteiger partial charge in [-0.1, -0.05) is 182 Å². The number of hydrogen-bond donors (Lipinski definition) is 0. The Bertz CT molecular complexity index is 4080. The Balaban J connectivity index is 1.11. The van der Waals surface area contributed by atoms with Crippen LogP contribution in [0.1, 0.15) is 0 Å². The predicted molar refractivity (Wildman–Crippen MR) is 260 cm³/mol. The van der Waals surface area contributed by atoms with Crippen LogP contribution in [-0.4, -0.2) is 0 Å². The molecule has 0 amide bonds. The van der Waals surface area contributed by atoms with E-state index < -0.39 is 0 Å². The van der Waals surface area contributed by atoms with Gasteiger partial charge in [-0.15, -0.1) is 0 Å². The van der Waals surface area contributed by atoms with Crippen molar-refractivity contribution >= 4 is 97.3 Å². The molecule has 13 aromatic carbocycles. The molecule has 280 valence electrons. The molecule has 0 N–H and O–H groups in total. The Morgan fingerprint density at radius 2 is 0.705 bits per heavy atom. The lowest BCUT2D eigenvalue weighted by Crippen LogP contribution is -1.95. The molecule has 0 atom stereocenters. The molecule has 0 aliphatic carbocycles. The Labute approximate surface area is 351 Å². The highest BCUT2D eigenvalue weighted by molar-refractivity contribution is 6.28. The molecule has 1 aromatic heterocycles. The molecule has 0 bridgehead atoms. The van der Waals surface area contributed by atoms with Crippen LogP contribution < -0.4 is 0 Å². The second-order valence-electron chi connectivity index (χ2n) is 16.7. The number of fused-ring (bicyclic) bond motifs is 4. The van der Waals surface area contributed by atoms with E-state index in [0.29, 0.717) is 0 Å². The summed E-state index contributed by atoms with van der Waals surface area (Å²) in [6.07, 6.45) is 0. The number of furan rings is 1. The summed E-state index contributed by atoms with van der Waals surface area (Å²) >= 11 is 0. The molecule has 14 rings (SSSR count). The molecule has 0 radical (unpaired) electrons. The van der Waals surface area contributed by atoms with Gasteiger partial charge >= 0.3 is 0 Å². The predicted octanol–water partition coefficient (Wildman–Crippen LogP) is 17.2. The summed E-state index contributed by atoms with van der Waals surface area (Å²) < 4.78 is 6.38. The fraction of sp³-hybridized carbons (Fsp3) is 0. The van der Waals surface area contributed by atoms with Crippen LogP contribution >= 0.6 is 0 Å². The van der Waals surface area contributed by atoms with E-state index in [2.05, 4.69) is 200 Å². The summed E-state index contributed by atoms with van der Waals surface area (Å²) in [5, 5.41) is 20.2. The number of rotatable bonds is 4. The summed E-state index contributed by atoms with van der Waals surface area (Å²) in [5.41, 5.74) is 11.5. The van der Waals surface area contributed by atoms with Crippen molar-refractivity contribution < 1.29 is 4.42 Å². The molecule has 0 saturated carbocycles. The summed E-state index contributed by atoms with van der Waals surface area (Å²) in [6, 6.07) is 76.7. The molecule has 0 fully saturated rings. The molecule has 0 aliphatic rings. The van der Waals surface area contributed by atoms with Crippen molar-refractivity contribution in [1.29, 1.82) is 0 Å². The second-order valence-corrected chi connectivity index (χ2v) is 16.7. The molecule has 1 nitrogen and oxygen atoms in total. The standard InChI is InChI=1S/C60H34O/c1-2-14-43(42(13-1)45-28-23-39-21-19-35-9-7-11-37-25-30-49(45)59(39)56(35)37)53-34-51(46-29-24-40-22-20-36-10-8-12-38-26-31-50(46)60(40)57(36)38)44-15-3-4-17-48(44)58(53)41-27-32-55-52(33-41)47-16-5-6-18-54(47)61-55/h1-34H. The zero-order valence-electron chi connectivity index (χ0n) is 33.0. The molecule has 1 heteroatoms. The molecular weight excluding hydrogens is 737 g/mol. The van der Waals surface area contributed by atoms with Gasteiger partial charge in [0.2, 0.25) is 0 Å². The maximum absolute atomic E-state index is 6.38. The van der Waals surface area contributed by atoms with Crippen molar-refractivity contribution in [2.75, 3.05) is 0 Å². The average molecular weight is 771 g/mol. The van der Waals surface area contributed by atoms with E-state index in [1.807, 2.05) is 6.07 Å². The van der Waals surface area contributed by atoms with Gasteiger partial charge in [0.05, 0.1) is 0 Å².